The number of benzene rings is 1. The molecule has 1 aliphatic carbocycles. The third-order valence-electron chi connectivity index (χ3n) is 4.04. The fourth-order valence-corrected chi connectivity index (χ4v) is 3.68. The van der Waals surface area contributed by atoms with Crippen molar-refractivity contribution in [1.29, 1.82) is 0 Å². The lowest BCUT2D eigenvalue weighted by Gasteiger charge is -2.19. The van der Waals surface area contributed by atoms with E-state index in [9.17, 15) is 8.78 Å². The van der Waals surface area contributed by atoms with Gasteiger partial charge in [-0.3, -0.25) is 0 Å². The summed E-state index contributed by atoms with van der Waals surface area (Å²) in [6.07, 6.45) is 2.88. The molecular formula is C15H15F2N3OS. The van der Waals surface area contributed by atoms with Crippen molar-refractivity contribution in [3.8, 4) is 0 Å². The van der Waals surface area contributed by atoms with E-state index in [4.69, 9.17) is 4.74 Å². The van der Waals surface area contributed by atoms with Crippen LogP contribution in [0.3, 0.4) is 0 Å². The van der Waals surface area contributed by atoms with E-state index in [1.54, 1.807) is 17.4 Å². The summed E-state index contributed by atoms with van der Waals surface area (Å²) in [6.45, 7) is 0.579. The minimum absolute atomic E-state index is 0.00938. The van der Waals surface area contributed by atoms with Crippen LogP contribution in [0.4, 0.5) is 13.9 Å². The standard InChI is InChI=1S/C15H15F2N3OS/c16-10-4-3-9(7-11(10)17)13-12(5-6-21-13)18-15-20-19-14(22-15)8-1-2-8/h3-4,7-8,12-13H,1-2,5-6H2,(H,18,20). The maximum absolute atomic E-state index is 13.4. The minimum atomic E-state index is -0.848. The van der Waals surface area contributed by atoms with Crippen LogP contribution < -0.4 is 5.32 Å². The Morgan fingerprint density at radius 3 is 2.77 bits per heavy atom. The number of aromatic nitrogens is 2. The first-order valence-electron chi connectivity index (χ1n) is 7.37. The predicted molar refractivity (Wildman–Crippen MR) is 79.0 cm³/mol. The highest BCUT2D eigenvalue weighted by molar-refractivity contribution is 7.15. The molecule has 1 N–H and O–H groups in total. The predicted octanol–water partition coefficient (Wildman–Crippen LogP) is 3.64. The normalized spacial score (nSPS) is 24.6. The van der Waals surface area contributed by atoms with Crippen molar-refractivity contribution in [3.63, 3.8) is 0 Å². The Hall–Kier alpha value is -1.60. The first-order chi connectivity index (χ1) is 10.7. The first-order valence-corrected chi connectivity index (χ1v) is 8.19. The SMILES string of the molecule is Fc1ccc(C2OCCC2Nc2nnc(C3CC3)s2)cc1F. The second kappa shape index (κ2) is 5.55. The Balaban J connectivity index is 1.51. The second-order valence-corrected chi connectivity index (χ2v) is 6.73. The van der Waals surface area contributed by atoms with Gasteiger partial charge in [0.1, 0.15) is 11.1 Å². The maximum atomic E-state index is 13.4. The summed E-state index contributed by atoms with van der Waals surface area (Å²) in [5.41, 5.74) is 0.640. The molecule has 1 saturated heterocycles. The molecule has 1 saturated carbocycles. The zero-order valence-electron chi connectivity index (χ0n) is 11.8. The van der Waals surface area contributed by atoms with Crippen molar-refractivity contribution in [2.45, 2.75) is 37.3 Å². The average molecular weight is 323 g/mol. The van der Waals surface area contributed by atoms with Gasteiger partial charge in [-0.1, -0.05) is 17.4 Å². The topological polar surface area (TPSA) is 47.0 Å². The summed E-state index contributed by atoms with van der Waals surface area (Å²) in [5, 5.41) is 13.5. The molecule has 22 heavy (non-hydrogen) atoms. The van der Waals surface area contributed by atoms with Crippen molar-refractivity contribution in [2.24, 2.45) is 0 Å². The van der Waals surface area contributed by atoms with Crippen LogP contribution in [0.5, 0.6) is 0 Å². The molecule has 1 aromatic carbocycles. The van der Waals surface area contributed by atoms with Crippen LogP contribution in [0.2, 0.25) is 0 Å². The Bertz CT molecular complexity index is 689. The lowest BCUT2D eigenvalue weighted by molar-refractivity contribution is 0.107. The molecule has 2 aromatic rings. The van der Waals surface area contributed by atoms with Crippen LogP contribution in [0, 0.1) is 11.6 Å². The fourth-order valence-electron chi connectivity index (χ4n) is 2.70. The molecule has 2 fully saturated rings. The van der Waals surface area contributed by atoms with Gasteiger partial charge in [0.15, 0.2) is 11.6 Å². The molecule has 0 spiro atoms. The number of nitrogens with one attached hydrogen (secondary N) is 1. The Morgan fingerprint density at radius 1 is 1.14 bits per heavy atom. The van der Waals surface area contributed by atoms with Crippen molar-refractivity contribution in [3.05, 3.63) is 40.4 Å². The van der Waals surface area contributed by atoms with Gasteiger partial charge in [-0.25, -0.2) is 8.78 Å². The summed E-state index contributed by atoms with van der Waals surface area (Å²) in [6, 6.07) is 3.90. The molecule has 0 radical (unpaired) electrons. The Kier molecular flexibility index (Phi) is 3.54. The molecule has 0 bridgehead atoms. The molecule has 2 atom stereocenters. The van der Waals surface area contributed by atoms with Gasteiger partial charge in [0.05, 0.1) is 6.04 Å². The van der Waals surface area contributed by atoms with Crippen molar-refractivity contribution >= 4 is 16.5 Å². The van der Waals surface area contributed by atoms with E-state index in [-0.39, 0.29) is 12.1 Å². The Morgan fingerprint density at radius 2 is 2.00 bits per heavy atom. The van der Waals surface area contributed by atoms with E-state index in [1.807, 2.05) is 0 Å². The molecule has 4 rings (SSSR count). The zero-order chi connectivity index (χ0) is 15.1. The fraction of sp³-hybridized carbons (Fsp3) is 0.467. The number of anilines is 1. The van der Waals surface area contributed by atoms with Gasteiger partial charge >= 0.3 is 0 Å². The minimum Gasteiger partial charge on any atom is -0.371 e. The molecule has 0 amide bonds. The summed E-state index contributed by atoms with van der Waals surface area (Å²) in [4.78, 5) is 0. The molecular weight excluding hydrogens is 308 g/mol. The largest absolute Gasteiger partial charge is 0.371 e. The highest BCUT2D eigenvalue weighted by Gasteiger charge is 2.32. The third kappa shape index (κ3) is 2.70. The number of halogens is 2. The summed E-state index contributed by atoms with van der Waals surface area (Å²) in [5.74, 6) is -1.11. The van der Waals surface area contributed by atoms with Crippen LogP contribution >= 0.6 is 11.3 Å². The van der Waals surface area contributed by atoms with Gasteiger partial charge in [0.25, 0.3) is 0 Å². The van der Waals surface area contributed by atoms with Crippen molar-refractivity contribution in [1.82, 2.24) is 10.2 Å². The summed E-state index contributed by atoms with van der Waals surface area (Å²) >= 11 is 1.57. The third-order valence-corrected chi connectivity index (χ3v) is 5.06. The average Bonchev–Trinajstić information content (AvgIpc) is 3.08. The Labute approximate surface area is 130 Å². The zero-order valence-corrected chi connectivity index (χ0v) is 12.6. The van der Waals surface area contributed by atoms with Crippen molar-refractivity contribution in [2.75, 3.05) is 11.9 Å². The highest BCUT2D eigenvalue weighted by Crippen LogP contribution is 2.42. The quantitative estimate of drug-likeness (QED) is 0.933. The van der Waals surface area contributed by atoms with Gasteiger partial charge in [-0.05, 0) is 37.0 Å². The smallest absolute Gasteiger partial charge is 0.206 e. The van der Waals surface area contributed by atoms with E-state index < -0.39 is 11.6 Å². The van der Waals surface area contributed by atoms with Gasteiger partial charge in [-0.15, -0.1) is 10.2 Å². The molecule has 1 aromatic heterocycles. The van der Waals surface area contributed by atoms with Gasteiger partial charge < -0.3 is 10.1 Å². The van der Waals surface area contributed by atoms with Crippen LogP contribution in [0.1, 0.15) is 41.9 Å². The number of hydrogen-bond acceptors (Lipinski definition) is 5. The summed E-state index contributed by atoms with van der Waals surface area (Å²) < 4.78 is 32.2. The molecule has 7 heteroatoms. The summed E-state index contributed by atoms with van der Waals surface area (Å²) in [7, 11) is 0. The van der Waals surface area contributed by atoms with E-state index in [1.165, 1.54) is 18.9 Å². The van der Waals surface area contributed by atoms with Crippen LogP contribution in [0.25, 0.3) is 0 Å². The second-order valence-electron chi connectivity index (χ2n) is 5.72. The van der Waals surface area contributed by atoms with Gasteiger partial charge in [0.2, 0.25) is 5.13 Å². The van der Waals surface area contributed by atoms with Gasteiger partial charge in [-0.2, -0.15) is 0 Å². The number of hydrogen-bond donors (Lipinski definition) is 1. The van der Waals surface area contributed by atoms with Crippen LogP contribution in [-0.4, -0.2) is 22.8 Å². The lowest BCUT2D eigenvalue weighted by atomic mass is 10.0. The first kappa shape index (κ1) is 14.0. The van der Waals surface area contributed by atoms with E-state index >= 15 is 0 Å². The monoisotopic (exact) mass is 323 g/mol. The van der Waals surface area contributed by atoms with Gasteiger partial charge in [0, 0.05) is 12.5 Å². The van der Waals surface area contributed by atoms with Crippen molar-refractivity contribution < 1.29 is 13.5 Å². The molecule has 1 aliphatic heterocycles. The number of rotatable bonds is 4. The molecule has 2 aliphatic rings. The van der Waals surface area contributed by atoms with E-state index in [2.05, 4.69) is 15.5 Å². The molecule has 2 unspecified atom stereocenters. The number of nitrogens with zero attached hydrogens (tertiary/aromatic N) is 2. The van der Waals surface area contributed by atoms with E-state index in [0.29, 0.717) is 18.1 Å². The molecule has 2 heterocycles. The van der Waals surface area contributed by atoms with Crippen LogP contribution in [-0.2, 0) is 4.74 Å². The number of ether oxygens (including phenoxy) is 1. The highest BCUT2D eigenvalue weighted by atomic mass is 32.1. The van der Waals surface area contributed by atoms with Crippen LogP contribution in [0.15, 0.2) is 18.2 Å². The molecule has 116 valence electrons. The lowest BCUT2D eigenvalue weighted by Crippen LogP contribution is -2.23. The maximum Gasteiger partial charge on any atom is 0.206 e. The van der Waals surface area contributed by atoms with E-state index in [0.717, 1.165) is 22.6 Å². The molecule has 4 nitrogen and oxygen atoms in total.